The molecule has 9 heteroatoms. The molecule has 0 saturated heterocycles. The van der Waals surface area contributed by atoms with Crippen LogP contribution < -0.4 is 14.8 Å². The molecule has 2 aliphatic rings. The summed E-state index contributed by atoms with van der Waals surface area (Å²) in [6.45, 7) is 0.851. The van der Waals surface area contributed by atoms with Crippen LogP contribution in [-0.2, 0) is 13.0 Å². The van der Waals surface area contributed by atoms with Crippen LogP contribution in [0.25, 0.3) is 5.65 Å². The van der Waals surface area contributed by atoms with Crippen LogP contribution in [0.3, 0.4) is 0 Å². The number of anilines is 1. The summed E-state index contributed by atoms with van der Waals surface area (Å²) < 4.78 is 27.7. The van der Waals surface area contributed by atoms with E-state index in [1.54, 1.807) is 23.0 Å². The molecular formula is C20H22FN5O3. The van der Waals surface area contributed by atoms with E-state index in [0.717, 1.165) is 37.0 Å². The quantitative estimate of drug-likeness (QED) is 0.681. The minimum atomic E-state index is -0.263. The predicted octanol–water partition coefficient (Wildman–Crippen LogP) is 2.49. The lowest BCUT2D eigenvalue weighted by Gasteiger charge is -2.26. The topological polar surface area (TPSA) is 93.8 Å². The Bertz CT molecular complexity index is 1030. The molecule has 0 unspecified atom stereocenters. The fourth-order valence-corrected chi connectivity index (χ4v) is 4.03. The fourth-order valence-electron chi connectivity index (χ4n) is 4.03. The Labute approximate surface area is 166 Å². The van der Waals surface area contributed by atoms with Crippen molar-refractivity contribution in [3.63, 3.8) is 0 Å². The maximum absolute atomic E-state index is 14.4. The summed E-state index contributed by atoms with van der Waals surface area (Å²) in [4.78, 5) is 4.44. The van der Waals surface area contributed by atoms with E-state index in [0.29, 0.717) is 35.9 Å². The number of aliphatic hydroxyl groups is 1. The standard InChI is InChI=1S/C20H22FN5O3/c21-16-5-6-17-14(7-8-28-17)15(16)9-22-20-23-10-18(19-25-24-11-26(19)20)29-13-3-1-12(27)2-4-13/h5-6,10-13,27H,1-4,7-9H2,(H,22,23). The molecule has 2 aromatic heterocycles. The predicted molar refractivity (Wildman–Crippen MR) is 103 cm³/mol. The van der Waals surface area contributed by atoms with Crippen molar-refractivity contribution < 1.29 is 19.0 Å². The average Bonchev–Trinajstić information content (AvgIpc) is 3.40. The summed E-state index contributed by atoms with van der Waals surface area (Å²) in [5.41, 5.74) is 2.04. The zero-order valence-electron chi connectivity index (χ0n) is 15.8. The van der Waals surface area contributed by atoms with Crippen molar-refractivity contribution in [2.45, 2.75) is 50.9 Å². The molecular weight excluding hydrogens is 377 g/mol. The van der Waals surface area contributed by atoms with Gasteiger partial charge in [-0.2, -0.15) is 0 Å². The highest BCUT2D eigenvalue weighted by atomic mass is 19.1. The molecule has 1 fully saturated rings. The minimum absolute atomic E-state index is 0.0283. The van der Waals surface area contributed by atoms with Crippen LogP contribution in [0.5, 0.6) is 11.5 Å². The highest BCUT2D eigenvalue weighted by Gasteiger charge is 2.23. The van der Waals surface area contributed by atoms with Crippen LogP contribution in [0.1, 0.15) is 36.8 Å². The number of fused-ring (bicyclic) bond motifs is 2. The molecule has 1 aromatic carbocycles. The molecule has 29 heavy (non-hydrogen) atoms. The summed E-state index contributed by atoms with van der Waals surface area (Å²) in [5, 5.41) is 21.0. The number of ether oxygens (including phenoxy) is 2. The molecule has 0 bridgehead atoms. The fraction of sp³-hybridized carbons (Fsp3) is 0.450. The lowest BCUT2D eigenvalue weighted by molar-refractivity contribution is 0.0669. The zero-order chi connectivity index (χ0) is 19.8. The second-order valence-electron chi connectivity index (χ2n) is 7.47. The van der Waals surface area contributed by atoms with Gasteiger partial charge in [-0.05, 0) is 37.8 Å². The molecule has 1 saturated carbocycles. The van der Waals surface area contributed by atoms with Gasteiger partial charge < -0.3 is 19.9 Å². The first-order valence-electron chi connectivity index (χ1n) is 9.89. The SMILES string of the molecule is OC1CCC(Oc2cnc(NCc3c(F)ccc4c3CCO4)n3cnnc23)CC1. The molecule has 3 heterocycles. The first kappa shape index (κ1) is 18.1. The summed E-state index contributed by atoms with van der Waals surface area (Å²) in [6, 6.07) is 3.11. The number of hydrogen-bond acceptors (Lipinski definition) is 7. The van der Waals surface area contributed by atoms with Crippen LogP contribution in [0.2, 0.25) is 0 Å². The highest BCUT2D eigenvalue weighted by molar-refractivity contribution is 5.56. The van der Waals surface area contributed by atoms with Gasteiger partial charge in [0.2, 0.25) is 11.6 Å². The maximum atomic E-state index is 14.4. The Balaban J connectivity index is 1.36. The van der Waals surface area contributed by atoms with Crippen LogP contribution in [0, 0.1) is 5.82 Å². The van der Waals surface area contributed by atoms with Gasteiger partial charge in [-0.25, -0.2) is 13.8 Å². The van der Waals surface area contributed by atoms with Gasteiger partial charge in [-0.3, -0.25) is 0 Å². The van der Waals surface area contributed by atoms with Crippen LogP contribution in [0.4, 0.5) is 10.3 Å². The molecule has 3 aromatic rings. The van der Waals surface area contributed by atoms with E-state index in [4.69, 9.17) is 9.47 Å². The van der Waals surface area contributed by atoms with Gasteiger partial charge in [0.25, 0.3) is 0 Å². The Hall–Kier alpha value is -2.94. The Kier molecular flexibility index (Phi) is 4.67. The number of halogens is 1. The van der Waals surface area contributed by atoms with Crippen molar-refractivity contribution in [3.8, 4) is 11.5 Å². The van der Waals surface area contributed by atoms with Gasteiger partial charge in [0.15, 0.2) is 5.75 Å². The van der Waals surface area contributed by atoms with Gasteiger partial charge in [0, 0.05) is 24.1 Å². The first-order valence-corrected chi connectivity index (χ1v) is 9.89. The van der Waals surface area contributed by atoms with Crippen molar-refractivity contribution in [1.82, 2.24) is 19.6 Å². The minimum Gasteiger partial charge on any atom is -0.493 e. The number of benzene rings is 1. The molecule has 0 atom stereocenters. The van der Waals surface area contributed by atoms with Crippen LogP contribution in [0.15, 0.2) is 24.7 Å². The van der Waals surface area contributed by atoms with Gasteiger partial charge in [0.05, 0.1) is 25.0 Å². The molecule has 2 N–H and O–H groups in total. The molecule has 8 nitrogen and oxygen atoms in total. The van der Waals surface area contributed by atoms with E-state index in [-0.39, 0.29) is 24.6 Å². The second-order valence-corrected chi connectivity index (χ2v) is 7.47. The van der Waals surface area contributed by atoms with E-state index < -0.39 is 0 Å². The molecule has 0 spiro atoms. The number of aromatic nitrogens is 4. The normalized spacial score (nSPS) is 21.0. The summed E-state index contributed by atoms with van der Waals surface area (Å²) >= 11 is 0. The van der Waals surface area contributed by atoms with Crippen molar-refractivity contribution in [1.29, 1.82) is 0 Å². The molecule has 5 rings (SSSR count). The third-order valence-corrected chi connectivity index (χ3v) is 5.60. The Morgan fingerprint density at radius 1 is 1.28 bits per heavy atom. The second kappa shape index (κ2) is 7.47. The smallest absolute Gasteiger partial charge is 0.210 e. The molecule has 0 radical (unpaired) electrons. The van der Waals surface area contributed by atoms with Gasteiger partial charge in [-0.1, -0.05) is 0 Å². The first-order chi connectivity index (χ1) is 14.2. The summed E-state index contributed by atoms with van der Waals surface area (Å²) in [5.74, 6) is 1.54. The number of hydrogen-bond donors (Lipinski definition) is 2. The van der Waals surface area contributed by atoms with Crippen molar-refractivity contribution >= 4 is 11.6 Å². The summed E-state index contributed by atoms with van der Waals surface area (Å²) in [6.07, 6.45) is 6.71. The van der Waals surface area contributed by atoms with E-state index in [1.807, 2.05) is 0 Å². The number of nitrogens with one attached hydrogen (secondary N) is 1. The number of rotatable bonds is 5. The third-order valence-electron chi connectivity index (χ3n) is 5.60. The van der Waals surface area contributed by atoms with E-state index in [2.05, 4.69) is 20.5 Å². The lowest BCUT2D eigenvalue weighted by Crippen LogP contribution is -2.26. The van der Waals surface area contributed by atoms with Gasteiger partial charge in [-0.15, -0.1) is 10.2 Å². The highest BCUT2D eigenvalue weighted by Crippen LogP contribution is 2.31. The van der Waals surface area contributed by atoms with E-state index >= 15 is 0 Å². The van der Waals surface area contributed by atoms with Crippen molar-refractivity contribution in [3.05, 3.63) is 41.6 Å². The molecule has 1 aliphatic heterocycles. The van der Waals surface area contributed by atoms with Crippen molar-refractivity contribution in [2.75, 3.05) is 11.9 Å². The zero-order valence-corrected chi connectivity index (χ0v) is 15.8. The average molecular weight is 399 g/mol. The molecule has 0 amide bonds. The molecule has 1 aliphatic carbocycles. The van der Waals surface area contributed by atoms with Crippen LogP contribution in [-0.4, -0.2) is 43.5 Å². The van der Waals surface area contributed by atoms with E-state index in [1.165, 1.54) is 6.07 Å². The summed E-state index contributed by atoms with van der Waals surface area (Å²) in [7, 11) is 0. The van der Waals surface area contributed by atoms with Gasteiger partial charge >= 0.3 is 0 Å². The number of nitrogens with zero attached hydrogens (tertiary/aromatic N) is 4. The third kappa shape index (κ3) is 3.46. The maximum Gasteiger partial charge on any atom is 0.210 e. The van der Waals surface area contributed by atoms with Crippen molar-refractivity contribution in [2.24, 2.45) is 0 Å². The van der Waals surface area contributed by atoms with Gasteiger partial charge in [0.1, 0.15) is 17.9 Å². The van der Waals surface area contributed by atoms with Crippen LogP contribution >= 0.6 is 0 Å². The Morgan fingerprint density at radius 2 is 2.14 bits per heavy atom. The lowest BCUT2D eigenvalue weighted by atomic mass is 9.95. The monoisotopic (exact) mass is 399 g/mol. The number of aliphatic hydroxyl groups excluding tert-OH is 1. The molecule has 152 valence electrons. The largest absolute Gasteiger partial charge is 0.493 e. The Morgan fingerprint density at radius 3 is 3.00 bits per heavy atom. The van der Waals surface area contributed by atoms with E-state index in [9.17, 15) is 9.50 Å².